The molecule has 2 aliphatic rings. The number of fused-ring (bicyclic) bond motifs is 1. The quantitative estimate of drug-likeness (QED) is 0.799. The van der Waals surface area contributed by atoms with Crippen molar-refractivity contribution in [2.24, 2.45) is 11.8 Å². The van der Waals surface area contributed by atoms with Crippen LogP contribution in [-0.2, 0) is 22.3 Å². The van der Waals surface area contributed by atoms with Gasteiger partial charge in [0.2, 0.25) is 0 Å². The number of ether oxygens (including phenoxy) is 2. The number of rotatable bonds is 5. The number of aryl methyl sites for hydroxylation is 2. The Morgan fingerprint density at radius 2 is 1.85 bits per heavy atom. The second-order valence-corrected chi connectivity index (χ2v) is 7.49. The first-order valence-electron chi connectivity index (χ1n) is 9.65. The van der Waals surface area contributed by atoms with E-state index in [1.54, 1.807) is 0 Å². The Morgan fingerprint density at radius 1 is 1.08 bits per heavy atom. The lowest BCUT2D eigenvalue weighted by atomic mass is 9.75. The molecule has 4 atom stereocenters. The van der Waals surface area contributed by atoms with Gasteiger partial charge in [0.05, 0.1) is 12.7 Å². The van der Waals surface area contributed by atoms with Crippen LogP contribution < -0.4 is 0 Å². The minimum atomic E-state index is -0.159. The highest BCUT2D eigenvalue weighted by molar-refractivity contribution is 6.00. The van der Waals surface area contributed by atoms with E-state index in [1.165, 1.54) is 11.1 Å². The summed E-state index contributed by atoms with van der Waals surface area (Å²) in [5.74, 6) is 0.486. The Kier molecular flexibility index (Phi) is 5.18. The average molecular weight is 350 g/mol. The van der Waals surface area contributed by atoms with Crippen molar-refractivity contribution < 1.29 is 14.3 Å². The maximum Gasteiger partial charge on any atom is 0.166 e. The van der Waals surface area contributed by atoms with Crippen LogP contribution in [0.1, 0.15) is 41.3 Å². The highest BCUT2D eigenvalue weighted by Crippen LogP contribution is 2.35. The topological polar surface area (TPSA) is 35.5 Å². The number of ketones is 1. The third-order valence-electron chi connectivity index (χ3n) is 5.85. The maximum atomic E-state index is 12.9. The number of carbonyl (C=O) groups excluding carboxylic acids is 1. The molecule has 0 aromatic heterocycles. The van der Waals surface area contributed by atoms with Crippen LogP contribution in [0.4, 0.5) is 0 Å². The lowest BCUT2D eigenvalue weighted by Gasteiger charge is -2.30. The molecule has 1 aliphatic carbocycles. The highest BCUT2D eigenvalue weighted by Gasteiger charge is 2.39. The van der Waals surface area contributed by atoms with Crippen molar-refractivity contribution in [3.05, 3.63) is 71.3 Å². The summed E-state index contributed by atoms with van der Waals surface area (Å²) < 4.78 is 12.0. The number of hydrogen-bond acceptors (Lipinski definition) is 3. The van der Waals surface area contributed by atoms with Crippen LogP contribution in [0.15, 0.2) is 54.6 Å². The molecule has 1 aliphatic heterocycles. The molecule has 0 spiro atoms. The van der Waals surface area contributed by atoms with E-state index in [0.717, 1.165) is 31.2 Å². The summed E-state index contributed by atoms with van der Waals surface area (Å²) in [6.07, 6.45) is 3.54. The van der Waals surface area contributed by atoms with Gasteiger partial charge in [-0.3, -0.25) is 4.79 Å². The average Bonchev–Trinajstić information content (AvgIpc) is 3.16. The second kappa shape index (κ2) is 7.73. The van der Waals surface area contributed by atoms with Crippen LogP contribution >= 0.6 is 0 Å². The Balaban J connectivity index is 1.34. The number of carbonyl (C=O) groups is 1. The SMILES string of the molecule is CC(C1COC(CCc2ccccc2)O1)C1CCc2ccccc2C1=O. The Morgan fingerprint density at radius 3 is 2.69 bits per heavy atom. The molecule has 2 aromatic carbocycles. The molecule has 0 radical (unpaired) electrons. The molecule has 4 rings (SSSR count). The van der Waals surface area contributed by atoms with E-state index in [9.17, 15) is 4.79 Å². The van der Waals surface area contributed by atoms with Crippen molar-refractivity contribution >= 4 is 5.78 Å². The summed E-state index contributed by atoms with van der Waals surface area (Å²) in [5, 5.41) is 0. The van der Waals surface area contributed by atoms with Crippen LogP contribution in [-0.4, -0.2) is 24.8 Å². The molecule has 3 heteroatoms. The van der Waals surface area contributed by atoms with Crippen molar-refractivity contribution in [3.63, 3.8) is 0 Å². The van der Waals surface area contributed by atoms with E-state index >= 15 is 0 Å². The van der Waals surface area contributed by atoms with E-state index in [2.05, 4.69) is 37.3 Å². The van der Waals surface area contributed by atoms with Gasteiger partial charge in [0.25, 0.3) is 0 Å². The van der Waals surface area contributed by atoms with Crippen LogP contribution in [0.5, 0.6) is 0 Å². The molecule has 0 bridgehead atoms. The summed E-state index contributed by atoms with van der Waals surface area (Å²) >= 11 is 0. The Hall–Kier alpha value is -1.97. The molecule has 1 saturated heterocycles. The Bertz CT molecular complexity index is 755. The van der Waals surface area contributed by atoms with Crippen molar-refractivity contribution in [1.82, 2.24) is 0 Å². The number of benzene rings is 2. The van der Waals surface area contributed by atoms with Gasteiger partial charge in [-0.25, -0.2) is 0 Å². The van der Waals surface area contributed by atoms with Crippen LogP contribution in [0.3, 0.4) is 0 Å². The summed E-state index contributed by atoms with van der Waals surface area (Å²) in [6.45, 7) is 2.73. The van der Waals surface area contributed by atoms with E-state index in [4.69, 9.17) is 9.47 Å². The molecule has 26 heavy (non-hydrogen) atoms. The van der Waals surface area contributed by atoms with Crippen molar-refractivity contribution in [3.8, 4) is 0 Å². The zero-order valence-electron chi connectivity index (χ0n) is 15.3. The second-order valence-electron chi connectivity index (χ2n) is 7.49. The minimum Gasteiger partial charge on any atom is -0.350 e. The standard InChI is InChI=1S/C23H26O3/c1-16(19-13-12-18-9-5-6-10-20(18)23(19)24)21-15-25-22(26-21)14-11-17-7-3-2-4-8-17/h2-10,16,19,21-22H,11-15H2,1H3. The minimum absolute atomic E-state index is 0.00925. The summed E-state index contributed by atoms with van der Waals surface area (Å²) in [6, 6.07) is 18.4. The van der Waals surface area contributed by atoms with Crippen LogP contribution in [0.2, 0.25) is 0 Å². The summed E-state index contributed by atoms with van der Waals surface area (Å²) in [5.41, 5.74) is 3.38. The van der Waals surface area contributed by atoms with Gasteiger partial charge in [-0.2, -0.15) is 0 Å². The first-order chi connectivity index (χ1) is 12.7. The van der Waals surface area contributed by atoms with E-state index < -0.39 is 0 Å². The molecule has 2 aromatic rings. The number of hydrogen-bond donors (Lipinski definition) is 0. The monoisotopic (exact) mass is 350 g/mol. The fourth-order valence-electron chi connectivity index (χ4n) is 4.21. The smallest absolute Gasteiger partial charge is 0.166 e. The number of Topliss-reactive ketones (excluding diaryl/α,β-unsaturated/α-hetero) is 1. The first kappa shape index (κ1) is 17.4. The zero-order chi connectivity index (χ0) is 17.9. The molecule has 3 nitrogen and oxygen atoms in total. The summed E-state index contributed by atoms with van der Waals surface area (Å²) in [7, 11) is 0. The molecule has 0 amide bonds. The van der Waals surface area contributed by atoms with Gasteiger partial charge in [0, 0.05) is 17.9 Å². The van der Waals surface area contributed by atoms with Crippen molar-refractivity contribution in [1.29, 1.82) is 0 Å². The van der Waals surface area contributed by atoms with Gasteiger partial charge >= 0.3 is 0 Å². The van der Waals surface area contributed by atoms with Gasteiger partial charge in [-0.05, 0) is 36.3 Å². The molecule has 1 fully saturated rings. The van der Waals surface area contributed by atoms with Gasteiger partial charge in [-0.1, -0.05) is 61.5 Å². The van der Waals surface area contributed by atoms with Crippen molar-refractivity contribution in [2.45, 2.75) is 45.0 Å². The highest BCUT2D eigenvalue weighted by atomic mass is 16.7. The van der Waals surface area contributed by atoms with Gasteiger partial charge in [0.15, 0.2) is 12.1 Å². The maximum absolute atomic E-state index is 12.9. The molecule has 0 saturated carbocycles. The van der Waals surface area contributed by atoms with Crippen molar-refractivity contribution in [2.75, 3.05) is 6.61 Å². The summed E-state index contributed by atoms with van der Waals surface area (Å²) in [4.78, 5) is 12.9. The normalized spacial score (nSPS) is 26.5. The molecule has 1 heterocycles. The van der Waals surface area contributed by atoms with Crippen LogP contribution in [0, 0.1) is 11.8 Å². The third kappa shape index (κ3) is 3.60. The van der Waals surface area contributed by atoms with Gasteiger partial charge in [-0.15, -0.1) is 0 Å². The van der Waals surface area contributed by atoms with E-state index in [-0.39, 0.29) is 30.0 Å². The lowest BCUT2D eigenvalue weighted by Crippen LogP contribution is -2.35. The fourth-order valence-corrected chi connectivity index (χ4v) is 4.21. The molecular weight excluding hydrogens is 324 g/mol. The third-order valence-corrected chi connectivity index (χ3v) is 5.85. The van der Waals surface area contributed by atoms with E-state index in [1.807, 2.05) is 24.3 Å². The Labute approximate surface area is 155 Å². The van der Waals surface area contributed by atoms with Gasteiger partial charge in [0.1, 0.15) is 0 Å². The fraction of sp³-hybridized carbons (Fsp3) is 0.435. The van der Waals surface area contributed by atoms with Gasteiger partial charge < -0.3 is 9.47 Å². The molecule has 136 valence electrons. The lowest BCUT2D eigenvalue weighted by molar-refractivity contribution is -0.0728. The van der Waals surface area contributed by atoms with Crippen LogP contribution in [0.25, 0.3) is 0 Å². The van der Waals surface area contributed by atoms with E-state index in [0.29, 0.717) is 6.61 Å². The molecular formula is C23H26O3. The molecule has 0 N–H and O–H groups in total. The predicted molar refractivity (Wildman–Crippen MR) is 101 cm³/mol. The molecule has 4 unspecified atom stereocenters. The first-order valence-corrected chi connectivity index (χ1v) is 9.65. The predicted octanol–water partition coefficient (Wildman–Crippen LogP) is 4.44. The zero-order valence-corrected chi connectivity index (χ0v) is 15.3. The largest absolute Gasteiger partial charge is 0.350 e.